The fraction of sp³-hybridized carbons (Fsp3) is 0.818. The molecule has 0 aliphatic heterocycles. The van der Waals surface area contributed by atoms with Crippen LogP contribution in [0.2, 0.25) is 0 Å². The van der Waals surface area contributed by atoms with Gasteiger partial charge in [0.1, 0.15) is 0 Å². The fourth-order valence-electron chi connectivity index (χ4n) is 1.60. The molecule has 0 aromatic carbocycles. The molecule has 4 heteroatoms. The van der Waals surface area contributed by atoms with Crippen molar-refractivity contribution in [2.24, 2.45) is 11.8 Å². The first kappa shape index (κ1) is 12.0. The summed E-state index contributed by atoms with van der Waals surface area (Å²) < 4.78 is 0. The average molecular weight is 213 g/mol. The highest BCUT2D eigenvalue weighted by Crippen LogP contribution is 2.38. The predicted octanol–water partition coefficient (Wildman–Crippen LogP) is 1.40. The van der Waals surface area contributed by atoms with Gasteiger partial charge in [-0.1, -0.05) is 6.92 Å². The highest BCUT2D eigenvalue weighted by atomic mass is 16.4. The third-order valence-electron chi connectivity index (χ3n) is 2.87. The molecule has 1 rings (SSSR count). The maximum atomic E-state index is 11.6. The molecule has 4 nitrogen and oxygen atoms in total. The summed E-state index contributed by atoms with van der Waals surface area (Å²) in [6, 6.07) is 0. The van der Waals surface area contributed by atoms with Crippen molar-refractivity contribution in [2.45, 2.75) is 45.6 Å². The largest absolute Gasteiger partial charge is 0.481 e. The molecule has 0 unspecified atom stereocenters. The Balaban J connectivity index is 2.34. The minimum atomic E-state index is -0.822. The maximum Gasteiger partial charge on any atom is 0.303 e. The van der Waals surface area contributed by atoms with Crippen molar-refractivity contribution in [3.05, 3.63) is 0 Å². The van der Waals surface area contributed by atoms with Crippen LogP contribution in [-0.2, 0) is 9.59 Å². The lowest BCUT2D eigenvalue weighted by Crippen LogP contribution is -2.44. The van der Waals surface area contributed by atoms with Crippen molar-refractivity contribution in [3.63, 3.8) is 0 Å². The number of hydrogen-bond donors (Lipinski definition) is 2. The average Bonchev–Trinajstić information content (AvgIpc) is 2.79. The minimum absolute atomic E-state index is 0.0675. The number of nitrogens with one attached hydrogen (secondary N) is 1. The van der Waals surface area contributed by atoms with Crippen LogP contribution in [0.3, 0.4) is 0 Å². The second-order valence-electron chi connectivity index (χ2n) is 5.09. The zero-order valence-corrected chi connectivity index (χ0v) is 9.54. The molecule has 86 valence electrons. The van der Waals surface area contributed by atoms with E-state index in [4.69, 9.17) is 5.11 Å². The van der Waals surface area contributed by atoms with Gasteiger partial charge in [-0.3, -0.25) is 9.59 Å². The first-order chi connectivity index (χ1) is 6.82. The summed E-state index contributed by atoms with van der Waals surface area (Å²) >= 11 is 0. The lowest BCUT2D eigenvalue weighted by Gasteiger charge is -2.25. The van der Waals surface area contributed by atoms with Gasteiger partial charge in [-0.05, 0) is 32.6 Å². The van der Waals surface area contributed by atoms with Gasteiger partial charge < -0.3 is 10.4 Å². The highest BCUT2D eigenvalue weighted by molar-refractivity contribution is 5.82. The van der Waals surface area contributed by atoms with Gasteiger partial charge in [-0.25, -0.2) is 0 Å². The van der Waals surface area contributed by atoms with Crippen LogP contribution in [0.15, 0.2) is 0 Å². The lowest BCUT2D eigenvalue weighted by atomic mass is 9.98. The summed E-state index contributed by atoms with van der Waals surface area (Å²) in [6.07, 6.45) is 1.52. The van der Waals surface area contributed by atoms with E-state index in [1.54, 1.807) is 0 Å². The molecule has 2 N–H and O–H groups in total. The molecule has 1 amide bonds. The molecule has 0 heterocycles. The summed E-state index contributed by atoms with van der Waals surface area (Å²) in [7, 11) is 0. The van der Waals surface area contributed by atoms with Crippen LogP contribution in [0.4, 0.5) is 0 Å². The van der Waals surface area contributed by atoms with Crippen LogP contribution in [0, 0.1) is 11.8 Å². The molecule has 0 bridgehead atoms. The molecule has 1 aliphatic rings. The number of aliphatic carboxylic acids is 1. The third-order valence-corrected chi connectivity index (χ3v) is 2.87. The van der Waals surface area contributed by atoms with Crippen molar-refractivity contribution in [1.29, 1.82) is 0 Å². The monoisotopic (exact) mass is 213 g/mol. The van der Waals surface area contributed by atoms with Gasteiger partial charge in [0, 0.05) is 17.9 Å². The minimum Gasteiger partial charge on any atom is -0.481 e. The summed E-state index contributed by atoms with van der Waals surface area (Å²) in [5.41, 5.74) is -0.419. The summed E-state index contributed by atoms with van der Waals surface area (Å²) in [5.74, 6) is -0.121. The number of amides is 1. The second-order valence-corrected chi connectivity index (χ2v) is 5.09. The molecule has 0 aromatic rings. The van der Waals surface area contributed by atoms with Crippen LogP contribution in [0.1, 0.15) is 40.0 Å². The standard InChI is InChI=1S/C11H19NO3/c1-7-6-8(7)10(15)12-11(2,3)5-4-9(13)14/h7-8H,4-6H2,1-3H3,(H,12,15)(H,13,14)/t7-,8-/m1/s1. The number of carbonyl (C=O) groups is 2. The third kappa shape index (κ3) is 3.90. The van der Waals surface area contributed by atoms with E-state index in [9.17, 15) is 9.59 Å². The molecule has 15 heavy (non-hydrogen) atoms. The predicted molar refractivity (Wildman–Crippen MR) is 56.4 cm³/mol. The topological polar surface area (TPSA) is 66.4 Å². The van der Waals surface area contributed by atoms with Crippen LogP contribution in [-0.4, -0.2) is 22.5 Å². The Hall–Kier alpha value is -1.06. The molecule has 0 radical (unpaired) electrons. The second kappa shape index (κ2) is 4.21. The van der Waals surface area contributed by atoms with Gasteiger partial charge in [-0.2, -0.15) is 0 Å². The molecule has 1 fully saturated rings. The van der Waals surface area contributed by atoms with Gasteiger partial charge in [0.2, 0.25) is 5.91 Å². The first-order valence-electron chi connectivity index (χ1n) is 5.35. The summed E-state index contributed by atoms with van der Waals surface area (Å²) in [6.45, 7) is 5.77. The fourth-order valence-corrected chi connectivity index (χ4v) is 1.60. The van der Waals surface area contributed by atoms with Crippen LogP contribution in [0.25, 0.3) is 0 Å². The number of carboxylic acids is 1. The Morgan fingerprint density at radius 3 is 2.40 bits per heavy atom. The number of rotatable bonds is 5. The highest BCUT2D eigenvalue weighted by Gasteiger charge is 2.40. The maximum absolute atomic E-state index is 11.6. The Kier molecular flexibility index (Phi) is 3.37. The summed E-state index contributed by atoms with van der Waals surface area (Å²) in [5, 5.41) is 11.5. The lowest BCUT2D eigenvalue weighted by molar-refractivity contribution is -0.138. The number of carboxylic acid groups (broad SMARTS) is 1. The number of hydrogen-bond acceptors (Lipinski definition) is 2. The van der Waals surface area contributed by atoms with Crippen LogP contribution in [0.5, 0.6) is 0 Å². The molecule has 1 aliphatic carbocycles. The number of carbonyl (C=O) groups excluding carboxylic acids is 1. The SMILES string of the molecule is C[C@@H]1C[C@H]1C(=O)NC(C)(C)CCC(=O)O. The molecule has 0 saturated heterocycles. The molecule has 0 spiro atoms. The molecular weight excluding hydrogens is 194 g/mol. The van der Waals surface area contributed by atoms with Crippen LogP contribution < -0.4 is 5.32 Å². The zero-order valence-electron chi connectivity index (χ0n) is 9.54. The smallest absolute Gasteiger partial charge is 0.303 e. The van der Waals surface area contributed by atoms with E-state index in [1.165, 1.54) is 0 Å². The van der Waals surface area contributed by atoms with E-state index in [2.05, 4.69) is 12.2 Å². The Morgan fingerprint density at radius 1 is 1.47 bits per heavy atom. The van der Waals surface area contributed by atoms with E-state index in [-0.39, 0.29) is 18.2 Å². The molecule has 1 saturated carbocycles. The Bertz CT molecular complexity index is 273. The van der Waals surface area contributed by atoms with E-state index in [0.29, 0.717) is 12.3 Å². The van der Waals surface area contributed by atoms with Gasteiger partial charge in [0.05, 0.1) is 0 Å². The Labute approximate surface area is 90.0 Å². The molecular formula is C11H19NO3. The zero-order chi connectivity index (χ0) is 11.6. The van der Waals surface area contributed by atoms with Crippen molar-refractivity contribution in [2.75, 3.05) is 0 Å². The molecule has 2 atom stereocenters. The van der Waals surface area contributed by atoms with E-state index < -0.39 is 11.5 Å². The van der Waals surface area contributed by atoms with Gasteiger partial charge in [-0.15, -0.1) is 0 Å². The van der Waals surface area contributed by atoms with Crippen molar-refractivity contribution in [3.8, 4) is 0 Å². The normalized spacial score (nSPS) is 24.7. The van der Waals surface area contributed by atoms with Gasteiger partial charge in [0.25, 0.3) is 0 Å². The van der Waals surface area contributed by atoms with E-state index in [1.807, 2.05) is 13.8 Å². The Morgan fingerprint density at radius 2 is 2.00 bits per heavy atom. The first-order valence-corrected chi connectivity index (χ1v) is 5.35. The van der Waals surface area contributed by atoms with Crippen molar-refractivity contribution < 1.29 is 14.7 Å². The van der Waals surface area contributed by atoms with Gasteiger partial charge in [0.15, 0.2) is 0 Å². The van der Waals surface area contributed by atoms with E-state index in [0.717, 1.165) is 6.42 Å². The van der Waals surface area contributed by atoms with Crippen molar-refractivity contribution in [1.82, 2.24) is 5.32 Å². The van der Waals surface area contributed by atoms with E-state index >= 15 is 0 Å². The van der Waals surface area contributed by atoms with Crippen molar-refractivity contribution >= 4 is 11.9 Å². The van der Waals surface area contributed by atoms with Crippen LogP contribution >= 0.6 is 0 Å². The molecule has 0 aromatic heterocycles. The summed E-state index contributed by atoms with van der Waals surface area (Å²) in [4.78, 5) is 22.0. The quantitative estimate of drug-likeness (QED) is 0.725. The van der Waals surface area contributed by atoms with Gasteiger partial charge >= 0.3 is 5.97 Å².